The molecular formula is C14H20ClN3. The molecule has 3 heterocycles. The van der Waals surface area contributed by atoms with Crippen LogP contribution in [-0.4, -0.2) is 39.3 Å². The van der Waals surface area contributed by atoms with Crippen LogP contribution in [0.2, 0.25) is 0 Å². The van der Waals surface area contributed by atoms with Crippen LogP contribution in [0, 0.1) is 0 Å². The van der Waals surface area contributed by atoms with Gasteiger partial charge in [-0.05, 0) is 24.6 Å². The van der Waals surface area contributed by atoms with Gasteiger partial charge in [0.25, 0.3) is 0 Å². The molecule has 0 spiro atoms. The van der Waals surface area contributed by atoms with Crippen molar-refractivity contribution in [3.05, 3.63) is 23.8 Å². The van der Waals surface area contributed by atoms with Crippen LogP contribution in [0.15, 0.2) is 18.2 Å². The number of para-hydroxylation sites is 1. The number of halogens is 1. The third kappa shape index (κ3) is 1.47. The molecule has 0 unspecified atom stereocenters. The van der Waals surface area contributed by atoms with Gasteiger partial charge in [-0.15, -0.1) is 12.4 Å². The van der Waals surface area contributed by atoms with Crippen molar-refractivity contribution in [3.63, 3.8) is 0 Å². The number of benzene rings is 1. The van der Waals surface area contributed by atoms with E-state index in [0.717, 1.165) is 19.1 Å². The largest absolute Gasteiger partial charge is 0.371 e. The van der Waals surface area contributed by atoms with Crippen LogP contribution in [0.5, 0.6) is 0 Å². The molecule has 3 aliphatic heterocycles. The maximum absolute atomic E-state index is 3.55. The number of hydrogen-bond acceptors (Lipinski definition) is 3. The summed E-state index contributed by atoms with van der Waals surface area (Å²) in [4.78, 5) is 5.08. The second-order valence-corrected chi connectivity index (χ2v) is 5.50. The van der Waals surface area contributed by atoms with Crippen LogP contribution in [0.4, 0.5) is 11.4 Å². The molecular weight excluding hydrogens is 246 g/mol. The first kappa shape index (κ1) is 12.1. The number of rotatable bonds is 0. The minimum absolute atomic E-state index is 0. The number of likely N-dealkylation sites (N-methyl/N-ethyl adjacent to an activating group) is 1. The van der Waals surface area contributed by atoms with Gasteiger partial charge in [0.05, 0.1) is 11.4 Å². The third-order valence-corrected chi connectivity index (χ3v) is 4.67. The van der Waals surface area contributed by atoms with E-state index >= 15 is 0 Å². The Hall–Kier alpha value is -0.930. The molecule has 1 fully saturated rings. The van der Waals surface area contributed by atoms with Gasteiger partial charge >= 0.3 is 0 Å². The van der Waals surface area contributed by atoms with E-state index in [-0.39, 0.29) is 12.4 Å². The van der Waals surface area contributed by atoms with Gasteiger partial charge in [-0.1, -0.05) is 12.1 Å². The lowest BCUT2D eigenvalue weighted by Gasteiger charge is -2.39. The van der Waals surface area contributed by atoms with Gasteiger partial charge in [-0.25, -0.2) is 0 Å². The summed E-state index contributed by atoms with van der Waals surface area (Å²) in [5, 5.41) is 3.55. The summed E-state index contributed by atoms with van der Waals surface area (Å²) in [7, 11) is 2.22. The fourth-order valence-electron chi connectivity index (χ4n) is 3.83. The van der Waals surface area contributed by atoms with Gasteiger partial charge in [0, 0.05) is 38.6 Å². The second kappa shape index (κ2) is 4.32. The van der Waals surface area contributed by atoms with Crippen molar-refractivity contribution in [2.75, 3.05) is 43.0 Å². The molecule has 1 aromatic rings. The van der Waals surface area contributed by atoms with Crippen molar-refractivity contribution >= 4 is 23.8 Å². The smallest absolute Gasteiger partial charge is 0.0644 e. The Balaban J connectivity index is 0.000001000. The minimum atomic E-state index is 0. The lowest BCUT2D eigenvalue weighted by Crippen LogP contribution is -2.48. The molecule has 4 rings (SSSR count). The molecule has 0 radical (unpaired) electrons. The van der Waals surface area contributed by atoms with E-state index in [1.807, 2.05) is 0 Å². The van der Waals surface area contributed by atoms with Gasteiger partial charge in [0.1, 0.15) is 0 Å². The van der Waals surface area contributed by atoms with Crippen molar-refractivity contribution in [2.24, 2.45) is 0 Å². The lowest BCUT2D eigenvalue weighted by atomic mass is 9.90. The fraction of sp³-hybridized carbons (Fsp3) is 0.571. The summed E-state index contributed by atoms with van der Waals surface area (Å²) >= 11 is 0. The molecule has 0 saturated carbocycles. The SMILES string of the molecule is CN1CCN2c3c(cccc31)[C@@H]1CNCC[C@@H]12.Cl. The van der Waals surface area contributed by atoms with Gasteiger partial charge < -0.3 is 15.1 Å². The van der Waals surface area contributed by atoms with Crippen molar-refractivity contribution in [2.45, 2.75) is 18.4 Å². The van der Waals surface area contributed by atoms with E-state index in [4.69, 9.17) is 0 Å². The van der Waals surface area contributed by atoms with Gasteiger partial charge in [0.15, 0.2) is 0 Å². The highest BCUT2D eigenvalue weighted by molar-refractivity contribution is 5.85. The van der Waals surface area contributed by atoms with Crippen molar-refractivity contribution < 1.29 is 0 Å². The van der Waals surface area contributed by atoms with E-state index < -0.39 is 0 Å². The van der Waals surface area contributed by atoms with E-state index in [1.165, 1.54) is 30.9 Å². The average molecular weight is 266 g/mol. The zero-order valence-corrected chi connectivity index (χ0v) is 11.5. The Morgan fingerprint density at radius 3 is 3.06 bits per heavy atom. The van der Waals surface area contributed by atoms with Crippen molar-refractivity contribution in [3.8, 4) is 0 Å². The van der Waals surface area contributed by atoms with Crippen LogP contribution >= 0.6 is 12.4 Å². The predicted octanol–water partition coefficient (Wildman–Crippen LogP) is 1.82. The molecule has 0 aliphatic carbocycles. The number of hydrogen-bond donors (Lipinski definition) is 1. The van der Waals surface area contributed by atoms with Crippen LogP contribution < -0.4 is 15.1 Å². The highest BCUT2D eigenvalue weighted by atomic mass is 35.5. The first-order valence-corrected chi connectivity index (χ1v) is 6.67. The first-order valence-electron chi connectivity index (χ1n) is 6.67. The van der Waals surface area contributed by atoms with Gasteiger partial charge in [0.2, 0.25) is 0 Å². The number of anilines is 2. The van der Waals surface area contributed by atoms with Crippen LogP contribution in [0.25, 0.3) is 0 Å². The minimum Gasteiger partial charge on any atom is -0.371 e. The normalized spacial score (nSPS) is 28.5. The monoisotopic (exact) mass is 265 g/mol. The van der Waals surface area contributed by atoms with Crippen LogP contribution in [0.3, 0.4) is 0 Å². The summed E-state index contributed by atoms with van der Waals surface area (Å²) in [5.41, 5.74) is 4.54. The van der Waals surface area contributed by atoms with E-state index in [1.54, 1.807) is 5.56 Å². The van der Waals surface area contributed by atoms with Crippen LogP contribution in [-0.2, 0) is 0 Å². The lowest BCUT2D eigenvalue weighted by molar-refractivity contribution is 0.402. The molecule has 3 aliphatic rings. The standard InChI is InChI=1S/C14H19N3.ClH/c1-16-7-8-17-12-5-6-15-9-11(12)10-3-2-4-13(16)14(10)17;/h2-4,11-12,15H,5-9H2,1H3;1H/t11-,12-;/m0./s1. The molecule has 0 bridgehead atoms. The Morgan fingerprint density at radius 1 is 1.28 bits per heavy atom. The van der Waals surface area contributed by atoms with E-state index in [9.17, 15) is 0 Å². The summed E-state index contributed by atoms with van der Waals surface area (Å²) in [6.45, 7) is 4.69. The maximum Gasteiger partial charge on any atom is 0.0644 e. The third-order valence-electron chi connectivity index (χ3n) is 4.67. The highest BCUT2D eigenvalue weighted by Gasteiger charge is 2.42. The Labute approximate surface area is 115 Å². The predicted molar refractivity (Wildman–Crippen MR) is 78.3 cm³/mol. The number of piperidine rings is 1. The molecule has 1 aromatic carbocycles. The zero-order chi connectivity index (χ0) is 11.4. The molecule has 3 nitrogen and oxygen atoms in total. The molecule has 98 valence electrons. The molecule has 1 N–H and O–H groups in total. The Morgan fingerprint density at radius 2 is 2.17 bits per heavy atom. The molecule has 0 aromatic heterocycles. The maximum atomic E-state index is 3.55. The molecule has 0 amide bonds. The topological polar surface area (TPSA) is 18.5 Å². The average Bonchev–Trinajstić information content (AvgIpc) is 2.70. The van der Waals surface area contributed by atoms with Crippen molar-refractivity contribution in [1.82, 2.24) is 5.32 Å². The molecule has 4 heteroatoms. The molecule has 18 heavy (non-hydrogen) atoms. The summed E-state index contributed by atoms with van der Waals surface area (Å²) in [6.07, 6.45) is 1.29. The molecule has 1 saturated heterocycles. The Kier molecular flexibility index (Phi) is 2.91. The fourth-order valence-corrected chi connectivity index (χ4v) is 3.83. The number of nitrogens with zero attached hydrogens (tertiary/aromatic N) is 2. The quantitative estimate of drug-likeness (QED) is 0.772. The summed E-state index contributed by atoms with van der Waals surface area (Å²) in [6, 6.07) is 7.59. The zero-order valence-electron chi connectivity index (χ0n) is 10.7. The van der Waals surface area contributed by atoms with E-state index in [0.29, 0.717) is 5.92 Å². The second-order valence-electron chi connectivity index (χ2n) is 5.50. The van der Waals surface area contributed by atoms with Crippen molar-refractivity contribution in [1.29, 1.82) is 0 Å². The molecule has 2 atom stereocenters. The summed E-state index contributed by atoms with van der Waals surface area (Å²) < 4.78 is 0. The van der Waals surface area contributed by atoms with Gasteiger partial charge in [-0.3, -0.25) is 0 Å². The number of nitrogens with one attached hydrogen (secondary N) is 1. The summed E-state index contributed by atoms with van der Waals surface area (Å²) in [5.74, 6) is 0.713. The van der Waals surface area contributed by atoms with E-state index in [2.05, 4.69) is 40.4 Å². The van der Waals surface area contributed by atoms with Crippen LogP contribution in [0.1, 0.15) is 17.9 Å². The van der Waals surface area contributed by atoms with Gasteiger partial charge in [-0.2, -0.15) is 0 Å². The highest BCUT2D eigenvalue weighted by Crippen LogP contribution is 2.49. The first-order chi connectivity index (χ1) is 8.36. The number of fused-ring (bicyclic) bond motifs is 3. The Bertz CT molecular complexity index is 462.